The number of aromatic nitrogens is 2. The molecule has 0 spiro atoms. The van der Waals surface area contributed by atoms with Crippen molar-refractivity contribution in [3.05, 3.63) is 30.3 Å². The summed E-state index contributed by atoms with van der Waals surface area (Å²) in [5.74, 6) is 0.763. The number of nitrogens with zero attached hydrogens (tertiary/aromatic N) is 2. The first-order valence-electron chi connectivity index (χ1n) is 4.35. The van der Waals surface area contributed by atoms with Crippen LogP contribution in [0.1, 0.15) is 26.7 Å². The highest BCUT2D eigenvalue weighted by Gasteiger charge is 2.25. The summed E-state index contributed by atoms with van der Waals surface area (Å²) < 4.78 is 7.33. The van der Waals surface area contributed by atoms with Crippen LogP contribution in [0.4, 0.5) is 0 Å². The van der Waals surface area contributed by atoms with Crippen LogP contribution in [-0.4, -0.2) is 5.10 Å². The molecule has 2 aromatic rings. The first-order chi connectivity index (χ1) is 6.07. The highest BCUT2D eigenvalue weighted by molar-refractivity contribution is 5.22. The van der Waals surface area contributed by atoms with E-state index in [-0.39, 0.29) is 5.41 Å². The van der Waals surface area contributed by atoms with Crippen molar-refractivity contribution < 1.29 is 8.93 Å². The van der Waals surface area contributed by atoms with E-state index in [2.05, 4.69) is 25.9 Å². The number of rotatable bonds is 0. The molecule has 0 radical (unpaired) electrons. The summed E-state index contributed by atoms with van der Waals surface area (Å²) in [6, 6.07) is 5.77. The molecule has 2 aromatic heterocycles. The van der Waals surface area contributed by atoms with Crippen LogP contribution in [0.15, 0.2) is 28.8 Å². The molecule has 0 saturated carbocycles. The Morgan fingerprint density at radius 1 is 1.31 bits per heavy atom. The molecule has 3 heteroatoms. The Bertz CT molecular complexity index is 393. The maximum atomic E-state index is 5.58. The zero-order valence-electron chi connectivity index (χ0n) is 8.11. The van der Waals surface area contributed by atoms with Gasteiger partial charge in [-0.1, -0.05) is 20.8 Å². The number of hydrogen-bond donors (Lipinski definition) is 0. The van der Waals surface area contributed by atoms with E-state index in [0.29, 0.717) is 0 Å². The molecule has 0 aliphatic heterocycles. The molecule has 0 saturated heterocycles. The van der Waals surface area contributed by atoms with Gasteiger partial charge >= 0.3 is 5.71 Å². The summed E-state index contributed by atoms with van der Waals surface area (Å²) in [4.78, 5) is 0. The van der Waals surface area contributed by atoms with Crippen molar-refractivity contribution >= 4 is 5.71 Å². The van der Waals surface area contributed by atoms with Gasteiger partial charge in [0, 0.05) is 16.6 Å². The molecular weight excluding hydrogens is 164 g/mol. The molecular formula is C10H13N2O+. The maximum absolute atomic E-state index is 5.58. The summed E-state index contributed by atoms with van der Waals surface area (Å²) >= 11 is 0. The van der Waals surface area contributed by atoms with Crippen molar-refractivity contribution in [1.82, 2.24) is 5.10 Å². The van der Waals surface area contributed by atoms with Gasteiger partial charge in [-0.05, 0) is 10.6 Å². The largest absolute Gasteiger partial charge is 0.405 e. The molecule has 13 heavy (non-hydrogen) atoms. The summed E-state index contributed by atoms with van der Waals surface area (Å²) in [5.41, 5.74) is 0.749. The highest BCUT2D eigenvalue weighted by Crippen LogP contribution is 2.19. The van der Waals surface area contributed by atoms with E-state index in [1.165, 1.54) is 0 Å². The molecule has 0 aliphatic rings. The zero-order valence-corrected chi connectivity index (χ0v) is 8.11. The van der Waals surface area contributed by atoms with Crippen molar-refractivity contribution in [2.75, 3.05) is 0 Å². The minimum atomic E-state index is -0.0357. The molecule has 0 bridgehead atoms. The molecule has 0 aliphatic carbocycles. The second-order valence-electron chi connectivity index (χ2n) is 4.14. The fraction of sp³-hybridized carbons (Fsp3) is 0.400. The monoisotopic (exact) mass is 177 g/mol. The maximum Gasteiger partial charge on any atom is 0.405 e. The van der Waals surface area contributed by atoms with Crippen molar-refractivity contribution in [3.63, 3.8) is 0 Å². The summed E-state index contributed by atoms with van der Waals surface area (Å²) in [5, 5.41) is 4.33. The van der Waals surface area contributed by atoms with E-state index in [0.717, 1.165) is 11.6 Å². The Labute approximate surface area is 77.0 Å². The van der Waals surface area contributed by atoms with Crippen LogP contribution in [0.3, 0.4) is 0 Å². The summed E-state index contributed by atoms with van der Waals surface area (Å²) in [6.45, 7) is 6.24. The van der Waals surface area contributed by atoms with Crippen LogP contribution in [0.25, 0.3) is 5.71 Å². The lowest BCUT2D eigenvalue weighted by Crippen LogP contribution is -2.24. The van der Waals surface area contributed by atoms with Gasteiger partial charge in [0.05, 0.1) is 6.07 Å². The van der Waals surface area contributed by atoms with Crippen molar-refractivity contribution in [3.8, 4) is 0 Å². The standard InChI is InChI=1S/C10H13N2O/c1-10(2,3)9-11-12-7-5-4-6-8(12)13-9/h4-7H,1-3H3/q+1. The number of fused-ring (bicyclic) bond motifs is 1. The van der Waals surface area contributed by atoms with E-state index in [9.17, 15) is 0 Å². The Kier molecular flexibility index (Phi) is 1.62. The van der Waals surface area contributed by atoms with Gasteiger partial charge in [0.1, 0.15) is 0 Å². The molecule has 0 unspecified atom stereocenters. The normalized spacial score (nSPS) is 12.2. The second-order valence-corrected chi connectivity index (χ2v) is 4.14. The van der Waals surface area contributed by atoms with Gasteiger partial charge in [0.25, 0.3) is 5.89 Å². The third kappa shape index (κ3) is 1.41. The van der Waals surface area contributed by atoms with E-state index in [1.807, 2.05) is 24.4 Å². The third-order valence-corrected chi connectivity index (χ3v) is 1.84. The minimum Gasteiger partial charge on any atom is -0.381 e. The van der Waals surface area contributed by atoms with Gasteiger partial charge in [0.15, 0.2) is 0 Å². The van der Waals surface area contributed by atoms with Crippen LogP contribution in [0.5, 0.6) is 0 Å². The molecule has 0 N–H and O–H groups in total. The fourth-order valence-corrected chi connectivity index (χ4v) is 1.10. The average Bonchev–Trinajstić information content (AvgIpc) is 2.45. The van der Waals surface area contributed by atoms with Crippen molar-refractivity contribution in [2.45, 2.75) is 26.2 Å². The molecule has 0 amide bonds. The van der Waals surface area contributed by atoms with Crippen LogP contribution in [-0.2, 0) is 5.41 Å². The van der Waals surface area contributed by atoms with Crippen molar-refractivity contribution in [1.29, 1.82) is 0 Å². The smallest absolute Gasteiger partial charge is 0.381 e. The average molecular weight is 177 g/mol. The lowest BCUT2D eigenvalue weighted by atomic mass is 9.97. The molecule has 2 heterocycles. The molecule has 3 nitrogen and oxygen atoms in total. The molecule has 2 rings (SSSR count). The quantitative estimate of drug-likeness (QED) is 0.573. The van der Waals surface area contributed by atoms with Gasteiger partial charge in [-0.25, -0.2) is 0 Å². The van der Waals surface area contributed by atoms with Crippen LogP contribution >= 0.6 is 0 Å². The predicted octanol–water partition coefficient (Wildman–Crippen LogP) is 1.71. The Balaban J connectivity index is 2.63. The van der Waals surface area contributed by atoms with E-state index < -0.39 is 0 Å². The Morgan fingerprint density at radius 3 is 2.69 bits per heavy atom. The number of hydrogen-bond acceptors (Lipinski definition) is 2. The van der Waals surface area contributed by atoms with Gasteiger partial charge in [0.2, 0.25) is 6.20 Å². The van der Waals surface area contributed by atoms with Crippen LogP contribution < -0.4 is 4.52 Å². The summed E-state index contributed by atoms with van der Waals surface area (Å²) in [6.07, 6.45) is 1.88. The van der Waals surface area contributed by atoms with E-state index in [1.54, 1.807) is 4.52 Å². The molecule has 0 fully saturated rings. The predicted molar refractivity (Wildman–Crippen MR) is 48.4 cm³/mol. The van der Waals surface area contributed by atoms with E-state index >= 15 is 0 Å². The molecule has 0 atom stereocenters. The lowest BCUT2D eigenvalue weighted by Gasteiger charge is -2.08. The third-order valence-electron chi connectivity index (χ3n) is 1.84. The molecule has 68 valence electrons. The summed E-state index contributed by atoms with van der Waals surface area (Å²) in [7, 11) is 0. The van der Waals surface area contributed by atoms with E-state index in [4.69, 9.17) is 4.42 Å². The first kappa shape index (κ1) is 8.23. The van der Waals surface area contributed by atoms with Crippen LogP contribution in [0.2, 0.25) is 0 Å². The van der Waals surface area contributed by atoms with Gasteiger partial charge in [-0.15, -0.1) is 0 Å². The minimum absolute atomic E-state index is 0.0357. The Morgan fingerprint density at radius 2 is 2.08 bits per heavy atom. The van der Waals surface area contributed by atoms with Gasteiger partial charge < -0.3 is 4.42 Å². The van der Waals surface area contributed by atoms with Crippen LogP contribution in [0, 0.1) is 0 Å². The topological polar surface area (TPSA) is 30.1 Å². The Hall–Kier alpha value is -1.38. The highest BCUT2D eigenvalue weighted by atomic mass is 16.4. The van der Waals surface area contributed by atoms with Gasteiger partial charge in [-0.2, -0.15) is 0 Å². The number of pyridine rings is 1. The lowest BCUT2D eigenvalue weighted by molar-refractivity contribution is -0.580. The second kappa shape index (κ2) is 2.55. The molecule has 0 aromatic carbocycles. The zero-order chi connectivity index (χ0) is 9.47. The fourth-order valence-electron chi connectivity index (χ4n) is 1.10. The van der Waals surface area contributed by atoms with Gasteiger partial charge in [-0.3, -0.25) is 0 Å². The first-order valence-corrected chi connectivity index (χ1v) is 4.35. The van der Waals surface area contributed by atoms with Crippen molar-refractivity contribution in [2.24, 2.45) is 0 Å². The SMILES string of the molecule is CC(C)(C)c1n[n+]2ccccc2o1.